The van der Waals surface area contributed by atoms with Crippen LogP contribution >= 0.6 is 0 Å². The Morgan fingerprint density at radius 3 is 1.23 bits per heavy atom. The monoisotopic (exact) mass is 1470 g/mol. The van der Waals surface area contributed by atoms with Crippen molar-refractivity contribution in [1.82, 2.24) is 62.1 Å². The van der Waals surface area contributed by atoms with Gasteiger partial charge >= 0.3 is 59.8 Å². The Kier molecular flexibility index (Phi) is 37.7. The number of urea groups is 1. The molecule has 0 aromatic heterocycles. The van der Waals surface area contributed by atoms with Gasteiger partial charge in [0.1, 0.15) is 36.3 Å². The summed E-state index contributed by atoms with van der Waals surface area (Å²) in [4.78, 5) is 204. The number of hydrogen-bond acceptors (Lipinski definition) is 20. The lowest BCUT2D eigenvalue weighted by atomic mass is 10.1. The fourth-order valence-corrected chi connectivity index (χ4v) is 16.0. The number of unbranched alkanes of at least 4 members (excludes halogenated alkanes) is 1. The van der Waals surface area contributed by atoms with Gasteiger partial charge < -0.3 is 92.6 Å². The Balaban J connectivity index is 2.13. The number of carboxylic acids is 9. The van der Waals surface area contributed by atoms with Crippen LogP contribution < -0.4 is 47.7 Å². The van der Waals surface area contributed by atoms with E-state index >= 15 is 4.11 Å². The Bertz CT molecular complexity index is 3050. The molecule has 572 valence electrons. The molecule has 1 heterocycles. The van der Waals surface area contributed by atoms with Crippen LogP contribution in [0.25, 0.3) is 0 Å². The van der Waals surface area contributed by atoms with Gasteiger partial charge in [-0.1, -0.05) is 53.7 Å². The van der Waals surface area contributed by atoms with Crippen LogP contribution in [0.15, 0.2) is 24.3 Å². The Morgan fingerprint density at radius 1 is 0.412 bits per heavy atom. The molecule has 2 rings (SSSR count). The molecule has 0 spiro atoms. The molecule has 1 aliphatic rings. The van der Waals surface area contributed by atoms with Crippen LogP contribution in [0.4, 0.5) is 8.90 Å². The van der Waals surface area contributed by atoms with Crippen LogP contribution in [-0.2, 0) is 67.1 Å². The third-order valence-electron chi connectivity index (χ3n) is 16.6. The second-order valence-electron chi connectivity index (χ2n) is 26.6. The van der Waals surface area contributed by atoms with Crippen molar-refractivity contribution in [1.29, 1.82) is 0 Å². The summed E-state index contributed by atoms with van der Waals surface area (Å²) >= 11 is 0. The maximum Gasteiger partial charge on any atom is 0.326 e. The molecular formula is C63H99FN12O25Si. The number of halogens is 1. The third kappa shape index (κ3) is 32.9. The van der Waals surface area contributed by atoms with E-state index in [1.807, 2.05) is 10.6 Å². The summed E-state index contributed by atoms with van der Waals surface area (Å²) < 4.78 is 17.2. The van der Waals surface area contributed by atoms with Gasteiger partial charge in [0.05, 0.1) is 19.6 Å². The van der Waals surface area contributed by atoms with Gasteiger partial charge in [0.25, 0.3) is 14.3 Å². The molecule has 1 aromatic carbocycles. The van der Waals surface area contributed by atoms with Gasteiger partial charge in [-0.05, 0) is 78.8 Å². The number of hydrogen-bond donors (Lipinski definition) is 17. The predicted octanol–water partition coefficient (Wildman–Crippen LogP) is -1.72. The normalized spacial score (nSPS) is 15.6. The second-order valence-corrected chi connectivity index (χ2v) is 31.5. The topological polar surface area (TPSA) is 564 Å². The highest BCUT2D eigenvalue weighted by Gasteiger charge is 2.56. The highest BCUT2D eigenvalue weighted by atomic mass is 28.4. The molecule has 1 fully saturated rings. The van der Waals surface area contributed by atoms with Crippen LogP contribution in [0.2, 0.25) is 10.1 Å². The number of benzene rings is 1. The minimum absolute atomic E-state index is 0.000572. The maximum atomic E-state index is 17.2. The van der Waals surface area contributed by atoms with Crippen molar-refractivity contribution in [2.24, 2.45) is 0 Å². The van der Waals surface area contributed by atoms with E-state index in [0.717, 1.165) is 0 Å². The predicted molar refractivity (Wildman–Crippen MR) is 359 cm³/mol. The second kappa shape index (κ2) is 43.4. The summed E-state index contributed by atoms with van der Waals surface area (Å²) in [6, 6.07) is -5.23. The van der Waals surface area contributed by atoms with Gasteiger partial charge in [0.2, 0.25) is 29.5 Å². The number of rotatable bonds is 43. The molecule has 0 saturated carbocycles. The summed E-state index contributed by atoms with van der Waals surface area (Å²) in [7, 11) is -3.81. The average Bonchev–Trinajstić information content (AvgIpc) is 0.748. The highest BCUT2D eigenvalue weighted by Crippen LogP contribution is 2.51. The smallest absolute Gasteiger partial charge is 0.326 e. The first kappa shape index (κ1) is 88.6. The minimum Gasteiger partial charge on any atom is -0.481 e. The molecule has 1 saturated heterocycles. The zero-order valence-corrected chi connectivity index (χ0v) is 59.1. The van der Waals surface area contributed by atoms with Crippen LogP contribution in [0.3, 0.4) is 0 Å². The summed E-state index contributed by atoms with van der Waals surface area (Å²) in [5, 5.41) is 104. The molecule has 0 unspecified atom stereocenters. The van der Waals surface area contributed by atoms with Crippen LogP contribution in [0.1, 0.15) is 135 Å². The van der Waals surface area contributed by atoms with Crippen molar-refractivity contribution in [3.05, 3.63) is 29.8 Å². The van der Waals surface area contributed by atoms with Gasteiger partial charge in [-0.3, -0.25) is 72.3 Å². The van der Waals surface area contributed by atoms with Crippen molar-refractivity contribution in [2.45, 2.75) is 171 Å². The van der Waals surface area contributed by atoms with Crippen molar-refractivity contribution >= 4 is 109 Å². The number of carbonyl (C=O) groups excluding carboxylic acids is 7. The molecule has 6 atom stereocenters. The first-order valence-electron chi connectivity index (χ1n) is 33.0. The molecule has 1 aliphatic heterocycles. The molecule has 8 amide bonds. The Labute approximate surface area is 588 Å². The van der Waals surface area contributed by atoms with E-state index in [9.17, 15) is 118 Å². The quantitative estimate of drug-likeness (QED) is 0.0197. The Hall–Kier alpha value is -9.47. The summed E-state index contributed by atoms with van der Waals surface area (Å²) in [6.07, 6.45) is -4.07. The van der Waals surface area contributed by atoms with E-state index in [2.05, 4.69) is 31.9 Å². The third-order valence-corrected chi connectivity index (χ3v) is 21.9. The lowest BCUT2D eigenvalue weighted by Gasteiger charge is -2.44. The first-order valence-corrected chi connectivity index (χ1v) is 34.9. The number of amides is 8. The SMILES string of the molecule is CC(C)(C)[Si](F)(c1ccc(C(=O)N[C@H](CNC(=O)CC[C@H](C(=O)O)N2CCN(CC(=O)O)CCN(CC(=O)O)CCN(CC(=O)O)CC2)C(=O)N[C@@H](CCCCNC(=O)CCC(=O)NCCC[C@H](NC(=O)CC[C@H](NC(=O)N[C@@H](CCC(=O)O)C(=O)O)C(=O)O)C(=O)O)C(=O)O)cc1)C(C)(C)C. The largest absolute Gasteiger partial charge is 0.481 e. The number of nitrogens with one attached hydrogen (secondary N) is 8. The van der Waals surface area contributed by atoms with Crippen LogP contribution in [0, 0.1) is 0 Å². The fraction of sp³-hybridized carbons (Fsp3) is 0.651. The molecule has 39 heteroatoms. The van der Waals surface area contributed by atoms with Crippen molar-refractivity contribution in [3.8, 4) is 0 Å². The number of aliphatic carboxylic acids is 9. The number of nitrogens with zero attached hydrogens (tertiary/aromatic N) is 4. The maximum absolute atomic E-state index is 17.2. The van der Waals surface area contributed by atoms with E-state index in [1.54, 1.807) is 41.5 Å². The zero-order valence-electron chi connectivity index (χ0n) is 58.1. The van der Waals surface area contributed by atoms with Gasteiger partial charge in [-0.15, -0.1) is 0 Å². The van der Waals surface area contributed by atoms with Gasteiger partial charge in [0.15, 0.2) is 0 Å². The van der Waals surface area contributed by atoms with Crippen molar-refractivity contribution < 1.29 is 127 Å². The molecule has 0 aliphatic carbocycles. The summed E-state index contributed by atoms with van der Waals surface area (Å²) in [5.74, 6) is -17.4. The summed E-state index contributed by atoms with van der Waals surface area (Å²) in [5.41, 5.74) is -0.0342. The van der Waals surface area contributed by atoms with Crippen molar-refractivity contribution in [3.63, 3.8) is 0 Å². The van der Waals surface area contributed by atoms with E-state index in [-0.39, 0.29) is 122 Å². The Morgan fingerprint density at radius 2 is 0.804 bits per heavy atom. The van der Waals surface area contributed by atoms with Gasteiger partial charge in [-0.25, -0.2) is 24.0 Å². The molecule has 102 heavy (non-hydrogen) atoms. The highest BCUT2D eigenvalue weighted by molar-refractivity contribution is 6.90. The van der Waals surface area contributed by atoms with Crippen molar-refractivity contribution in [2.75, 3.05) is 91.6 Å². The van der Waals surface area contributed by atoms with E-state index in [1.165, 1.54) is 43.9 Å². The number of carboxylic acid groups (broad SMARTS) is 9. The van der Waals surface area contributed by atoms with E-state index in [0.29, 0.717) is 5.19 Å². The number of carbonyl (C=O) groups is 16. The lowest BCUT2D eigenvalue weighted by molar-refractivity contribution is -0.145. The van der Waals surface area contributed by atoms with E-state index < -0.39 is 208 Å². The average molecular weight is 1470 g/mol. The van der Waals surface area contributed by atoms with Crippen LogP contribution in [-0.4, -0.2) is 297 Å². The fourth-order valence-electron chi connectivity index (χ4n) is 11.3. The molecular weight excluding hydrogens is 1370 g/mol. The van der Waals surface area contributed by atoms with Gasteiger partial charge in [-0.2, -0.15) is 0 Å². The standard InChI is InChI=1S/C63H99FN12O25Si/c1-62(2,3)102(64,63(4,5)6)39-14-12-38(13-15-39)54(89)70-44(34-67-48(79)20-18-45(60(99)100)76-32-30-74(36-52(85)86)28-26-73(35-51(83)84)27-29-75(31-33-76)37-53(87)88)55(90)69-41(57(93)94)10-7-8-24-65-46(77)21-22-47(78)66-25-9-11-40(56(91)92)68-49(80)19-16-42(58(95)96)71-61(101)72-43(59(97)98)17-23-50(81)82/h12-15,40-45H,7-11,16-37H2,1-6H3,(H,65,77)(H,66,78)(H,67,79)(H,68,80)(H,69,90)(H,70,89)(H,81,82)(H,83,84)(H,85,86)(H,87,88)(H,91,92)(H,93,94)(H,95,96)(H,97,98)(H,99,100)(H2,71,72,101)/t40-,41-,42-,43-,44+,45+/m0/s1. The summed E-state index contributed by atoms with van der Waals surface area (Å²) in [6.45, 7) is 8.55. The molecule has 17 N–H and O–H groups in total. The van der Waals surface area contributed by atoms with Crippen LogP contribution in [0.5, 0.6) is 0 Å². The first-order chi connectivity index (χ1) is 47.5. The van der Waals surface area contributed by atoms with E-state index in [4.69, 9.17) is 5.11 Å². The molecule has 0 radical (unpaired) electrons. The molecule has 37 nitrogen and oxygen atoms in total. The zero-order chi connectivity index (χ0) is 77.2. The molecule has 1 aromatic rings. The molecule has 0 bridgehead atoms. The lowest BCUT2D eigenvalue weighted by Crippen LogP contribution is -2.58. The minimum atomic E-state index is -3.81. The van der Waals surface area contributed by atoms with Gasteiger partial charge in [0, 0.05) is 110 Å².